The number of allylic oxidation sites excluding steroid dienone is 6. The summed E-state index contributed by atoms with van der Waals surface area (Å²) in [5, 5.41) is 0. The summed E-state index contributed by atoms with van der Waals surface area (Å²) < 4.78 is 16.8. The molecule has 0 aliphatic heterocycles. The molecule has 0 bridgehead atoms. The first-order valence-corrected chi connectivity index (χ1v) is 26.5. The van der Waals surface area contributed by atoms with Crippen LogP contribution >= 0.6 is 0 Å². The van der Waals surface area contributed by atoms with Gasteiger partial charge in [-0.3, -0.25) is 14.4 Å². The van der Waals surface area contributed by atoms with Gasteiger partial charge in [0.1, 0.15) is 13.2 Å². The molecule has 0 rings (SSSR count). The van der Waals surface area contributed by atoms with Gasteiger partial charge in [-0.15, -0.1) is 0 Å². The molecule has 6 nitrogen and oxygen atoms in total. The molecule has 0 aromatic rings. The van der Waals surface area contributed by atoms with E-state index in [-0.39, 0.29) is 31.1 Å². The highest BCUT2D eigenvalue weighted by molar-refractivity contribution is 5.71. The van der Waals surface area contributed by atoms with Gasteiger partial charge in [0, 0.05) is 19.3 Å². The first-order chi connectivity index (χ1) is 30.0. The molecule has 0 aromatic heterocycles. The standard InChI is InChI=1S/C55H100O6/c1-4-7-10-13-16-19-22-25-27-30-33-36-39-42-45-48-54(57)60-51-52(50-59-53(56)47-44-41-38-35-32-29-24-21-18-15-12-9-6-3)61-55(58)49-46-43-40-37-34-31-28-26-23-20-17-14-11-8-5-2/h9,12,15,18,21,24,52H,4-8,10-11,13-14,16-17,19-20,22-23,25-51H2,1-3H3/b12-9+,18-15+,24-21+. The zero-order valence-corrected chi connectivity index (χ0v) is 40.7. The SMILES string of the molecule is CC/C=C/C=C/C=C/CCCCCCCC(=O)OCC(COC(=O)CCCCCCCCCCCCCCCCC)OC(=O)CCCCCCCCCCCCCCCCC. The zero-order chi connectivity index (χ0) is 44.4. The van der Waals surface area contributed by atoms with E-state index in [1.807, 2.05) is 0 Å². The van der Waals surface area contributed by atoms with Crippen molar-refractivity contribution in [3.05, 3.63) is 36.5 Å². The molecule has 356 valence electrons. The Morgan fingerprint density at radius 1 is 0.344 bits per heavy atom. The number of carbonyl (C=O) groups is 3. The molecule has 0 heterocycles. The number of ether oxygens (including phenoxy) is 3. The Morgan fingerprint density at radius 3 is 0.984 bits per heavy atom. The van der Waals surface area contributed by atoms with Gasteiger partial charge in [-0.2, -0.15) is 0 Å². The fraction of sp³-hybridized carbons (Fsp3) is 0.836. The van der Waals surface area contributed by atoms with Crippen molar-refractivity contribution in [3.8, 4) is 0 Å². The predicted molar refractivity (Wildman–Crippen MR) is 261 cm³/mol. The maximum atomic E-state index is 12.8. The molecular formula is C55H100O6. The molecule has 0 saturated heterocycles. The number of rotatable bonds is 48. The highest BCUT2D eigenvalue weighted by Crippen LogP contribution is 2.16. The molecule has 1 unspecified atom stereocenters. The van der Waals surface area contributed by atoms with Crippen LogP contribution in [0.3, 0.4) is 0 Å². The molecule has 0 fully saturated rings. The third-order valence-electron chi connectivity index (χ3n) is 11.7. The molecule has 0 saturated carbocycles. The van der Waals surface area contributed by atoms with E-state index < -0.39 is 6.10 Å². The minimum atomic E-state index is -0.775. The number of hydrogen-bond acceptors (Lipinski definition) is 6. The summed E-state index contributed by atoms with van der Waals surface area (Å²) in [7, 11) is 0. The second kappa shape index (κ2) is 50.3. The number of hydrogen-bond donors (Lipinski definition) is 0. The highest BCUT2D eigenvalue weighted by atomic mass is 16.6. The Hall–Kier alpha value is -2.37. The lowest BCUT2D eigenvalue weighted by Gasteiger charge is -2.18. The minimum Gasteiger partial charge on any atom is -0.462 e. The molecule has 0 radical (unpaired) electrons. The van der Waals surface area contributed by atoms with Crippen molar-refractivity contribution in [1.29, 1.82) is 0 Å². The van der Waals surface area contributed by atoms with Crippen molar-refractivity contribution in [2.75, 3.05) is 13.2 Å². The largest absolute Gasteiger partial charge is 0.462 e. The topological polar surface area (TPSA) is 78.9 Å². The summed E-state index contributed by atoms with van der Waals surface area (Å²) >= 11 is 0. The van der Waals surface area contributed by atoms with Gasteiger partial charge in [0.15, 0.2) is 6.10 Å². The highest BCUT2D eigenvalue weighted by Gasteiger charge is 2.19. The maximum absolute atomic E-state index is 12.8. The molecule has 0 aliphatic carbocycles. The first kappa shape index (κ1) is 58.6. The molecule has 0 amide bonds. The lowest BCUT2D eigenvalue weighted by Crippen LogP contribution is -2.30. The monoisotopic (exact) mass is 857 g/mol. The van der Waals surface area contributed by atoms with Crippen molar-refractivity contribution >= 4 is 17.9 Å². The maximum Gasteiger partial charge on any atom is 0.306 e. The Bertz CT molecular complexity index is 1030. The van der Waals surface area contributed by atoms with E-state index >= 15 is 0 Å². The third kappa shape index (κ3) is 48.5. The average Bonchev–Trinajstić information content (AvgIpc) is 3.26. The van der Waals surface area contributed by atoms with Crippen LogP contribution in [0.1, 0.15) is 278 Å². The lowest BCUT2D eigenvalue weighted by molar-refractivity contribution is -0.167. The summed E-state index contributed by atoms with van der Waals surface area (Å²) in [6, 6.07) is 0. The van der Waals surface area contributed by atoms with Crippen LogP contribution < -0.4 is 0 Å². The van der Waals surface area contributed by atoms with E-state index in [1.165, 1.54) is 154 Å². The first-order valence-electron chi connectivity index (χ1n) is 26.5. The van der Waals surface area contributed by atoms with Crippen LogP contribution in [-0.4, -0.2) is 37.2 Å². The van der Waals surface area contributed by atoms with Crippen molar-refractivity contribution < 1.29 is 28.6 Å². The smallest absolute Gasteiger partial charge is 0.306 e. The molecule has 0 spiro atoms. The van der Waals surface area contributed by atoms with Gasteiger partial charge in [0.25, 0.3) is 0 Å². The molecule has 61 heavy (non-hydrogen) atoms. The number of carbonyl (C=O) groups excluding carboxylic acids is 3. The quantitative estimate of drug-likeness (QED) is 0.0262. The van der Waals surface area contributed by atoms with Crippen molar-refractivity contribution in [1.82, 2.24) is 0 Å². The molecular weight excluding hydrogens is 757 g/mol. The van der Waals surface area contributed by atoms with Crippen LogP contribution in [0.4, 0.5) is 0 Å². The Balaban J connectivity index is 4.35. The van der Waals surface area contributed by atoms with Gasteiger partial charge < -0.3 is 14.2 Å². The predicted octanol–water partition coefficient (Wildman–Crippen LogP) is 17.3. The van der Waals surface area contributed by atoms with Crippen LogP contribution in [0.2, 0.25) is 0 Å². The van der Waals surface area contributed by atoms with E-state index in [0.717, 1.165) is 83.5 Å². The van der Waals surface area contributed by atoms with Gasteiger partial charge in [-0.25, -0.2) is 0 Å². The summed E-state index contributed by atoms with van der Waals surface area (Å²) in [5.74, 6) is -0.881. The Morgan fingerprint density at radius 2 is 0.639 bits per heavy atom. The fourth-order valence-electron chi connectivity index (χ4n) is 7.74. The molecule has 0 aromatic carbocycles. The average molecular weight is 857 g/mol. The second-order valence-corrected chi connectivity index (χ2v) is 17.8. The van der Waals surface area contributed by atoms with Gasteiger partial charge >= 0.3 is 17.9 Å². The van der Waals surface area contributed by atoms with Crippen LogP contribution in [0.15, 0.2) is 36.5 Å². The molecule has 1 atom stereocenters. The van der Waals surface area contributed by atoms with Crippen molar-refractivity contribution in [3.63, 3.8) is 0 Å². The van der Waals surface area contributed by atoms with Crippen LogP contribution in [-0.2, 0) is 28.6 Å². The molecule has 0 aliphatic rings. The third-order valence-corrected chi connectivity index (χ3v) is 11.7. The number of esters is 3. The van der Waals surface area contributed by atoms with E-state index in [0.29, 0.717) is 19.3 Å². The van der Waals surface area contributed by atoms with E-state index in [1.54, 1.807) is 0 Å². The van der Waals surface area contributed by atoms with Gasteiger partial charge in [-0.1, -0.05) is 256 Å². The minimum absolute atomic E-state index is 0.0743. The van der Waals surface area contributed by atoms with Gasteiger partial charge in [0.05, 0.1) is 0 Å². The van der Waals surface area contributed by atoms with E-state index in [4.69, 9.17) is 14.2 Å². The van der Waals surface area contributed by atoms with Gasteiger partial charge in [-0.05, 0) is 38.5 Å². The summed E-state index contributed by atoms with van der Waals surface area (Å²) in [5.41, 5.74) is 0. The second-order valence-electron chi connectivity index (χ2n) is 17.8. The van der Waals surface area contributed by atoms with Crippen LogP contribution in [0.25, 0.3) is 0 Å². The molecule has 0 N–H and O–H groups in total. The van der Waals surface area contributed by atoms with E-state index in [2.05, 4.69) is 57.2 Å². The van der Waals surface area contributed by atoms with Crippen molar-refractivity contribution in [2.45, 2.75) is 284 Å². The lowest BCUT2D eigenvalue weighted by atomic mass is 10.0. The normalized spacial score (nSPS) is 12.2. The number of unbranched alkanes of at least 4 members (excludes halogenated alkanes) is 33. The van der Waals surface area contributed by atoms with Crippen LogP contribution in [0.5, 0.6) is 0 Å². The van der Waals surface area contributed by atoms with Gasteiger partial charge in [0.2, 0.25) is 0 Å². The zero-order valence-electron chi connectivity index (χ0n) is 40.7. The summed E-state index contributed by atoms with van der Waals surface area (Å²) in [4.78, 5) is 38.0. The summed E-state index contributed by atoms with van der Waals surface area (Å²) in [6.45, 7) is 6.52. The van der Waals surface area contributed by atoms with E-state index in [9.17, 15) is 14.4 Å². The Labute approximate surface area is 378 Å². The summed E-state index contributed by atoms with van der Waals surface area (Å²) in [6.07, 6.45) is 58.4. The fourth-order valence-corrected chi connectivity index (χ4v) is 7.74. The van der Waals surface area contributed by atoms with Crippen molar-refractivity contribution in [2.24, 2.45) is 0 Å². The van der Waals surface area contributed by atoms with Crippen LogP contribution in [0, 0.1) is 0 Å². The molecule has 6 heteroatoms. The Kier molecular flexibility index (Phi) is 48.3.